The van der Waals surface area contributed by atoms with Gasteiger partial charge in [0.05, 0.1) is 16.6 Å². The fourth-order valence-corrected chi connectivity index (χ4v) is 2.39. The minimum atomic E-state index is -0.718. The first-order valence-corrected chi connectivity index (χ1v) is 6.71. The average Bonchev–Trinajstić information content (AvgIpc) is 2.93. The summed E-state index contributed by atoms with van der Waals surface area (Å²) in [5.74, 6) is -1.29. The number of rotatable bonds is 4. The van der Waals surface area contributed by atoms with Crippen LogP contribution in [0.15, 0.2) is 12.1 Å². The molecule has 2 rings (SSSR count). The second-order valence-corrected chi connectivity index (χ2v) is 5.20. The molecule has 0 saturated carbocycles. The molecule has 1 amide bonds. The van der Waals surface area contributed by atoms with Gasteiger partial charge in [-0.1, -0.05) is 0 Å². The maximum atomic E-state index is 14.1. The highest BCUT2D eigenvalue weighted by Crippen LogP contribution is 2.22. The van der Waals surface area contributed by atoms with Crippen LogP contribution < -0.4 is 0 Å². The molecule has 1 aliphatic heterocycles. The van der Waals surface area contributed by atoms with E-state index in [-0.39, 0.29) is 22.9 Å². The van der Waals surface area contributed by atoms with Crippen molar-refractivity contribution in [3.63, 3.8) is 0 Å². The first kappa shape index (κ1) is 15.4. The molecular formula is C14H17FN2O4. The van der Waals surface area contributed by atoms with E-state index in [0.29, 0.717) is 13.2 Å². The van der Waals surface area contributed by atoms with E-state index in [0.717, 1.165) is 25.0 Å². The van der Waals surface area contributed by atoms with E-state index in [2.05, 4.69) is 0 Å². The van der Waals surface area contributed by atoms with Crippen molar-refractivity contribution in [2.24, 2.45) is 0 Å². The van der Waals surface area contributed by atoms with E-state index in [1.807, 2.05) is 0 Å². The Balaban J connectivity index is 2.22. The summed E-state index contributed by atoms with van der Waals surface area (Å²) >= 11 is 0. The lowest BCUT2D eigenvalue weighted by Gasteiger charge is -2.21. The second kappa shape index (κ2) is 6.17. The molecule has 21 heavy (non-hydrogen) atoms. The highest BCUT2D eigenvalue weighted by atomic mass is 19.1. The van der Waals surface area contributed by atoms with Crippen LogP contribution in [-0.2, 0) is 4.74 Å². The van der Waals surface area contributed by atoms with E-state index in [4.69, 9.17) is 4.74 Å². The van der Waals surface area contributed by atoms with Gasteiger partial charge in [-0.05, 0) is 25.3 Å². The number of benzene rings is 1. The molecule has 1 aromatic rings. The molecule has 0 N–H and O–H groups in total. The summed E-state index contributed by atoms with van der Waals surface area (Å²) in [6.45, 7) is 2.41. The Bertz CT molecular complexity index is 570. The summed E-state index contributed by atoms with van der Waals surface area (Å²) in [4.78, 5) is 23.8. The van der Waals surface area contributed by atoms with Crippen molar-refractivity contribution in [3.8, 4) is 0 Å². The van der Waals surface area contributed by atoms with E-state index in [9.17, 15) is 19.3 Å². The summed E-state index contributed by atoms with van der Waals surface area (Å²) in [6.07, 6.45) is 1.74. The molecule has 0 aliphatic carbocycles. The maximum Gasteiger partial charge on any atom is 0.270 e. The molecule has 0 bridgehead atoms. The van der Waals surface area contributed by atoms with Crippen LogP contribution in [0.4, 0.5) is 10.1 Å². The highest BCUT2D eigenvalue weighted by Gasteiger charge is 2.25. The predicted molar refractivity (Wildman–Crippen MR) is 73.7 cm³/mol. The predicted octanol–water partition coefficient (Wildman–Crippen LogP) is 2.29. The number of carbonyl (C=O) groups excluding carboxylic acids is 1. The standard InChI is InChI=1S/C14H17FN2O4/c1-9-6-10(17(19)20)7-12(13(9)15)14(18)16(2)8-11-4-3-5-21-11/h6-7,11H,3-5,8H2,1-2H3. The Labute approximate surface area is 121 Å². The van der Waals surface area contributed by atoms with Crippen LogP contribution in [0.5, 0.6) is 0 Å². The molecule has 1 atom stereocenters. The number of amides is 1. The number of likely N-dealkylation sites (N-methyl/N-ethyl adjacent to an activating group) is 1. The van der Waals surface area contributed by atoms with Gasteiger partial charge in [0, 0.05) is 32.3 Å². The number of aryl methyl sites for hydroxylation is 1. The summed E-state index contributed by atoms with van der Waals surface area (Å²) in [6, 6.07) is 2.10. The fraction of sp³-hybridized carbons (Fsp3) is 0.500. The minimum absolute atomic E-state index is 0.0539. The summed E-state index contributed by atoms with van der Waals surface area (Å²) in [7, 11) is 1.54. The number of halogens is 1. The van der Waals surface area contributed by atoms with Crippen molar-refractivity contribution in [1.29, 1.82) is 0 Å². The van der Waals surface area contributed by atoms with Crippen LogP contribution in [0, 0.1) is 22.9 Å². The lowest BCUT2D eigenvalue weighted by atomic mass is 10.1. The number of hydrogen-bond donors (Lipinski definition) is 0. The smallest absolute Gasteiger partial charge is 0.270 e. The highest BCUT2D eigenvalue weighted by molar-refractivity contribution is 5.95. The molecule has 0 spiro atoms. The van der Waals surface area contributed by atoms with Crippen molar-refractivity contribution in [2.45, 2.75) is 25.9 Å². The van der Waals surface area contributed by atoms with Crippen molar-refractivity contribution < 1.29 is 18.8 Å². The molecule has 7 heteroatoms. The van der Waals surface area contributed by atoms with Gasteiger partial charge < -0.3 is 9.64 Å². The molecule has 1 fully saturated rings. The lowest BCUT2D eigenvalue weighted by molar-refractivity contribution is -0.385. The van der Waals surface area contributed by atoms with Crippen LogP contribution in [0.3, 0.4) is 0 Å². The monoisotopic (exact) mass is 296 g/mol. The van der Waals surface area contributed by atoms with E-state index in [1.165, 1.54) is 18.9 Å². The van der Waals surface area contributed by atoms with E-state index >= 15 is 0 Å². The zero-order valence-corrected chi connectivity index (χ0v) is 12.0. The summed E-state index contributed by atoms with van der Waals surface area (Å²) in [5.41, 5.74) is -0.483. The Kier molecular flexibility index (Phi) is 4.52. The zero-order valence-electron chi connectivity index (χ0n) is 12.0. The van der Waals surface area contributed by atoms with Crippen LogP contribution in [0.25, 0.3) is 0 Å². The molecule has 0 aromatic heterocycles. The Hall–Kier alpha value is -2.02. The summed E-state index contributed by atoms with van der Waals surface area (Å²) in [5, 5.41) is 10.8. The SMILES string of the molecule is Cc1cc([N+](=O)[O-])cc(C(=O)N(C)CC2CCCO2)c1F. The van der Waals surface area contributed by atoms with Crippen LogP contribution in [0.2, 0.25) is 0 Å². The second-order valence-electron chi connectivity index (χ2n) is 5.20. The molecule has 0 radical (unpaired) electrons. The van der Waals surface area contributed by atoms with Crippen LogP contribution >= 0.6 is 0 Å². The quantitative estimate of drug-likeness (QED) is 0.631. The van der Waals surface area contributed by atoms with Crippen molar-refractivity contribution in [1.82, 2.24) is 4.90 Å². The number of nitro benzene ring substituents is 1. The van der Waals surface area contributed by atoms with Gasteiger partial charge in [-0.2, -0.15) is 0 Å². The third-order valence-electron chi connectivity index (χ3n) is 3.53. The third-order valence-corrected chi connectivity index (χ3v) is 3.53. The van der Waals surface area contributed by atoms with Crippen molar-refractivity contribution in [2.75, 3.05) is 20.2 Å². The van der Waals surface area contributed by atoms with Crippen molar-refractivity contribution >= 4 is 11.6 Å². The van der Waals surface area contributed by atoms with E-state index < -0.39 is 16.6 Å². The van der Waals surface area contributed by atoms with Crippen LogP contribution in [-0.4, -0.2) is 42.0 Å². The number of non-ortho nitro benzene ring substituents is 1. The first-order valence-electron chi connectivity index (χ1n) is 6.71. The zero-order chi connectivity index (χ0) is 15.6. The van der Waals surface area contributed by atoms with Gasteiger partial charge >= 0.3 is 0 Å². The molecule has 1 heterocycles. The fourth-order valence-electron chi connectivity index (χ4n) is 2.39. The Morgan fingerprint density at radius 3 is 2.86 bits per heavy atom. The Morgan fingerprint density at radius 1 is 1.57 bits per heavy atom. The van der Waals surface area contributed by atoms with Crippen molar-refractivity contribution in [3.05, 3.63) is 39.2 Å². The lowest BCUT2D eigenvalue weighted by Crippen LogP contribution is -2.34. The normalized spacial score (nSPS) is 17.8. The molecule has 1 unspecified atom stereocenters. The van der Waals surface area contributed by atoms with Gasteiger partial charge in [0.25, 0.3) is 11.6 Å². The van der Waals surface area contributed by atoms with Gasteiger partial charge in [0.2, 0.25) is 0 Å². The first-order chi connectivity index (χ1) is 9.90. The minimum Gasteiger partial charge on any atom is -0.376 e. The Morgan fingerprint density at radius 2 is 2.29 bits per heavy atom. The van der Waals surface area contributed by atoms with E-state index in [1.54, 1.807) is 0 Å². The number of ether oxygens (including phenoxy) is 1. The maximum absolute atomic E-state index is 14.1. The molecule has 6 nitrogen and oxygen atoms in total. The average molecular weight is 296 g/mol. The number of hydrogen-bond acceptors (Lipinski definition) is 4. The molecule has 1 aliphatic rings. The topological polar surface area (TPSA) is 72.7 Å². The molecule has 114 valence electrons. The third kappa shape index (κ3) is 3.36. The van der Waals surface area contributed by atoms with Gasteiger partial charge in [-0.25, -0.2) is 4.39 Å². The van der Waals surface area contributed by atoms with Gasteiger partial charge in [-0.3, -0.25) is 14.9 Å². The molecular weight excluding hydrogens is 279 g/mol. The van der Waals surface area contributed by atoms with Gasteiger partial charge in [0.15, 0.2) is 0 Å². The number of nitro groups is 1. The van der Waals surface area contributed by atoms with Gasteiger partial charge in [-0.15, -0.1) is 0 Å². The number of nitrogens with zero attached hydrogens (tertiary/aromatic N) is 2. The van der Waals surface area contributed by atoms with Crippen LogP contribution in [0.1, 0.15) is 28.8 Å². The molecule has 1 saturated heterocycles. The summed E-state index contributed by atoms with van der Waals surface area (Å²) < 4.78 is 19.5. The number of carbonyl (C=O) groups is 1. The van der Waals surface area contributed by atoms with Gasteiger partial charge in [0.1, 0.15) is 5.82 Å². The largest absolute Gasteiger partial charge is 0.376 e. The molecule has 1 aromatic carbocycles.